The number of nitrogens with one attached hydrogen (secondary N) is 1. The summed E-state index contributed by atoms with van der Waals surface area (Å²) in [4.78, 5) is 19.3. The molecule has 188 valence electrons. The highest BCUT2D eigenvalue weighted by molar-refractivity contribution is 5.99. The van der Waals surface area contributed by atoms with Crippen LogP contribution < -0.4 is 5.32 Å². The molecule has 3 atom stereocenters. The molecule has 3 unspecified atom stereocenters. The first kappa shape index (κ1) is 24.9. The van der Waals surface area contributed by atoms with Crippen molar-refractivity contribution in [2.45, 2.75) is 70.4 Å². The molecule has 1 aliphatic heterocycles. The second-order valence-electron chi connectivity index (χ2n) is 8.93. The minimum Gasteiger partial charge on any atom is -0.393 e. The van der Waals surface area contributed by atoms with Gasteiger partial charge in [0, 0.05) is 24.0 Å². The molecule has 3 heterocycles. The average molecular weight is 494 g/mol. The normalized spacial score (nSPS) is 19.3. The number of hydrogen-bond donors (Lipinski definition) is 2. The zero-order valence-corrected chi connectivity index (χ0v) is 19.4. The lowest BCUT2D eigenvalue weighted by Gasteiger charge is -2.29. The molecule has 0 spiro atoms. The monoisotopic (exact) mass is 493 g/mol. The summed E-state index contributed by atoms with van der Waals surface area (Å²) in [5.41, 5.74) is 0.550. The van der Waals surface area contributed by atoms with Crippen LogP contribution in [0.4, 0.5) is 29.1 Å². The van der Waals surface area contributed by atoms with Crippen LogP contribution in [-0.2, 0) is 6.54 Å². The molecule has 0 saturated carbocycles. The highest BCUT2D eigenvalue weighted by Crippen LogP contribution is 2.32. The summed E-state index contributed by atoms with van der Waals surface area (Å²) < 4.78 is 53.8. The van der Waals surface area contributed by atoms with E-state index in [2.05, 4.69) is 15.4 Å². The molecule has 1 fully saturated rings. The predicted octanol–water partition coefficient (Wildman–Crippen LogP) is 5.03. The molecule has 2 aromatic heterocycles. The lowest BCUT2D eigenvalue weighted by atomic mass is 10.0. The Labute approximate surface area is 199 Å². The fourth-order valence-corrected chi connectivity index (χ4v) is 4.52. The second-order valence-corrected chi connectivity index (χ2v) is 8.93. The second kappa shape index (κ2) is 9.80. The lowest BCUT2D eigenvalue weighted by molar-refractivity contribution is -0.141. The summed E-state index contributed by atoms with van der Waals surface area (Å²) in [7, 11) is 0. The van der Waals surface area contributed by atoms with Crippen LogP contribution in [0.1, 0.15) is 50.0 Å². The highest BCUT2D eigenvalue weighted by Gasteiger charge is 2.37. The summed E-state index contributed by atoms with van der Waals surface area (Å²) in [6.45, 7) is 2.43. The van der Waals surface area contributed by atoms with Gasteiger partial charge in [-0.1, -0.05) is 6.92 Å². The molecule has 7 nitrogen and oxygen atoms in total. The first-order valence-corrected chi connectivity index (χ1v) is 11.5. The summed E-state index contributed by atoms with van der Waals surface area (Å²) in [6.07, 6.45) is -1.24. The van der Waals surface area contributed by atoms with Crippen LogP contribution >= 0.6 is 0 Å². The number of benzene rings is 1. The smallest absolute Gasteiger partial charge is 0.393 e. The van der Waals surface area contributed by atoms with Crippen molar-refractivity contribution in [3.05, 3.63) is 48.0 Å². The van der Waals surface area contributed by atoms with Gasteiger partial charge in [-0.3, -0.25) is 14.5 Å². The van der Waals surface area contributed by atoms with Gasteiger partial charge < -0.3 is 15.3 Å². The van der Waals surface area contributed by atoms with Crippen LogP contribution in [0.3, 0.4) is 0 Å². The molecule has 0 bridgehead atoms. The van der Waals surface area contributed by atoms with Gasteiger partial charge in [0.1, 0.15) is 18.1 Å². The van der Waals surface area contributed by atoms with Crippen molar-refractivity contribution in [2.24, 2.45) is 0 Å². The van der Waals surface area contributed by atoms with Crippen molar-refractivity contribution in [1.82, 2.24) is 19.7 Å². The number of anilines is 2. The van der Waals surface area contributed by atoms with Crippen molar-refractivity contribution in [2.75, 3.05) is 5.32 Å². The highest BCUT2D eigenvalue weighted by atomic mass is 19.4. The molecule has 11 heteroatoms. The third-order valence-electron chi connectivity index (χ3n) is 6.33. The van der Waals surface area contributed by atoms with Gasteiger partial charge in [0.2, 0.25) is 0 Å². The van der Waals surface area contributed by atoms with Crippen molar-refractivity contribution in [1.29, 1.82) is 0 Å². The molecule has 3 aromatic rings. The Hall–Kier alpha value is -3.21. The van der Waals surface area contributed by atoms with E-state index < -0.39 is 30.5 Å². The predicted molar refractivity (Wildman–Crippen MR) is 123 cm³/mol. The molecule has 35 heavy (non-hydrogen) atoms. The molecular weight excluding hydrogens is 466 g/mol. The Morgan fingerprint density at radius 1 is 1.26 bits per heavy atom. The molecule has 1 aromatic carbocycles. The molecular formula is C24H27F4N5O2. The molecule has 2 N–H and O–H groups in total. The fourth-order valence-electron chi connectivity index (χ4n) is 4.52. The molecule has 0 radical (unpaired) electrons. The van der Waals surface area contributed by atoms with Gasteiger partial charge in [-0.2, -0.15) is 18.3 Å². The van der Waals surface area contributed by atoms with E-state index >= 15 is 0 Å². The van der Waals surface area contributed by atoms with Crippen LogP contribution in [-0.4, -0.2) is 55.0 Å². The number of amides is 1. The molecule has 1 saturated heterocycles. The summed E-state index contributed by atoms with van der Waals surface area (Å²) in [6, 6.07) is 6.39. The average Bonchev–Trinajstić information content (AvgIpc) is 3.33. The number of rotatable bonds is 7. The van der Waals surface area contributed by atoms with Gasteiger partial charge in [0.25, 0.3) is 5.91 Å². The molecule has 1 aliphatic rings. The van der Waals surface area contributed by atoms with E-state index in [9.17, 15) is 27.5 Å². The van der Waals surface area contributed by atoms with Crippen LogP contribution in [0.2, 0.25) is 0 Å². The minimum absolute atomic E-state index is 0.0129. The number of likely N-dealkylation sites (tertiary alicyclic amines) is 1. The lowest BCUT2D eigenvalue weighted by Crippen LogP contribution is -2.41. The number of halogens is 4. The molecule has 4 rings (SSSR count). The largest absolute Gasteiger partial charge is 0.408 e. The number of fused-ring (bicyclic) bond motifs is 1. The number of alkyl halides is 3. The summed E-state index contributed by atoms with van der Waals surface area (Å²) in [5, 5.41) is 17.4. The number of pyridine rings is 1. The Bertz CT molecular complexity index is 1200. The number of carbonyl (C=O) groups excluding carboxylic acids is 1. The van der Waals surface area contributed by atoms with Gasteiger partial charge >= 0.3 is 6.18 Å². The zero-order valence-electron chi connectivity index (χ0n) is 19.4. The Kier molecular flexibility index (Phi) is 6.98. The fraction of sp³-hybridized carbons (Fsp3) is 0.458. The van der Waals surface area contributed by atoms with Gasteiger partial charge in [-0.25, -0.2) is 4.39 Å². The quantitative estimate of drug-likeness (QED) is 0.451. The summed E-state index contributed by atoms with van der Waals surface area (Å²) in [5.74, 6) is -0.729. The number of aromatic nitrogens is 3. The maximum absolute atomic E-state index is 13.4. The van der Waals surface area contributed by atoms with E-state index in [4.69, 9.17) is 0 Å². The van der Waals surface area contributed by atoms with E-state index in [0.29, 0.717) is 23.9 Å². The van der Waals surface area contributed by atoms with Crippen LogP contribution in [0.25, 0.3) is 10.9 Å². The third-order valence-corrected chi connectivity index (χ3v) is 6.33. The number of aliphatic hydroxyl groups excluding tert-OH is 1. The van der Waals surface area contributed by atoms with E-state index in [0.717, 1.165) is 17.5 Å². The SMILES string of the molecule is CCC(O)CC1CCC(C)N1C(=O)c1cc2c(cn1)c(Nc1ccc(F)cc1)nn2CC(F)(F)F. The molecule has 0 aliphatic carbocycles. The van der Waals surface area contributed by atoms with Crippen molar-refractivity contribution >= 4 is 28.3 Å². The third kappa shape index (κ3) is 5.55. The van der Waals surface area contributed by atoms with E-state index in [1.807, 2.05) is 13.8 Å². The maximum atomic E-state index is 13.4. The first-order valence-electron chi connectivity index (χ1n) is 11.5. The Morgan fingerprint density at radius 3 is 2.63 bits per heavy atom. The van der Waals surface area contributed by atoms with Gasteiger partial charge in [0.05, 0.1) is 17.0 Å². The van der Waals surface area contributed by atoms with Gasteiger partial charge in [-0.15, -0.1) is 0 Å². The van der Waals surface area contributed by atoms with Crippen LogP contribution in [0.5, 0.6) is 0 Å². The van der Waals surface area contributed by atoms with E-state index in [1.165, 1.54) is 36.5 Å². The Balaban J connectivity index is 1.70. The number of aliphatic hydroxyl groups is 1. The minimum atomic E-state index is -4.54. The van der Waals surface area contributed by atoms with E-state index in [1.54, 1.807) is 4.90 Å². The van der Waals surface area contributed by atoms with Crippen LogP contribution in [0, 0.1) is 5.82 Å². The number of hydrogen-bond acceptors (Lipinski definition) is 5. The Morgan fingerprint density at radius 2 is 1.97 bits per heavy atom. The number of nitrogens with zero attached hydrogens (tertiary/aromatic N) is 4. The zero-order chi connectivity index (χ0) is 25.3. The molecule has 1 amide bonds. The first-order chi connectivity index (χ1) is 16.6. The van der Waals surface area contributed by atoms with Crippen LogP contribution in [0.15, 0.2) is 36.5 Å². The van der Waals surface area contributed by atoms with Gasteiger partial charge in [-0.05, 0) is 62.9 Å². The topological polar surface area (TPSA) is 83.3 Å². The van der Waals surface area contributed by atoms with Gasteiger partial charge in [0.15, 0.2) is 5.82 Å². The summed E-state index contributed by atoms with van der Waals surface area (Å²) >= 11 is 0. The maximum Gasteiger partial charge on any atom is 0.408 e. The standard InChI is InChI=1S/C24H27F4N5O2/c1-3-18(34)10-17-9-4-14(2)33(17)23(35)20-11-21-19(12-29-20)22(31-32(21)13-24(26,27)28)30-16-7-5-15(25)6-8-16/h5-8,11-12,14,17-18,34H,3-4,9-10,13H2,1-2H3,(H,30,31). The van der Waals surface area contributed by atoms with E-state index in [-0.39, 0.29) is 29.1 Å². The van der Waals surface area contributed by atoms with Crippen molar-refractivity contribution in [3.8, 4) is 0 Å². The van der Waals surface area contributed by atoms with Crippen molar-refractivity contribution < 1.29 is 27.5 Å². The van der Waals surface area contributed by atoms with Crippen molar-refractivity contribution in [3.63, 3.8) is 0 Å². The number of carbonyl (C=O) groups is 1.